The minimum atomic E-state index is -6.13. The lowest BCUT2D eigenvalue weighted by molar-refractivity contribution is -0.0819. The summed E-state index contributed by atoms with van der Waals surface area (Å²) in [5, 5.41) is 25.1. The van der Waals surface area contributed by atoms with Crippen molar-refractivity contribution in [1.29, 1.82) is 5.26 Å². The van der Waals surface area contributed by atoms with Crippen molar-refractivity contribution in [3.8, 4) is 40.6 Å². The predicted octanol–water partition coefficient (Wildman–Crippen LogP) is 6.00. The van der Waals surface area contributed by atoms with Gasteiger partial charge in [-0.05, 0) is 53.9 Å². The number of hydrogen-bond donors (Lipinski definition) is 1. The molecule has 0 saturated carbocycles. The first-order valence-corrected chi connectivity index (χ1v) is 23.4. The molecular weight excluding hydrogens is 848 g/mol. The van der Waals surface area contributed by atoms with Crippen LogP contribution in [0.5, 0.6) is 34.5 Å². The van der Waals surface area contributed by atoms with Crippen molar-refractivity contribution in [3.63, 3.8) is 0 Å². The Hall–Kier alpha value is -5.03. The zero-order chi connectivity index (χ0) is 44.5. The van der Waals surface area contributed by atoms with Crippen LogP contribution in [0.25, 0.3) is 0 Å². The van der Waals surface area contributed by atoms with Gasteiger partial charge in [-0.2, -0.15) is 26.9 Å². The Balaban J connectivity index is 1.35. The summed E-state index contributed by atoms with van der Waals surface area (Å²) in [6.45, 7) is 7.86. The van der Waals surface area contributed by atoms with Gasteiger partial charge in [-0.1, -0.05) is 81.4 Å². The molecule has 4 aliphatic heterocycles. The van der Waals surface area contributed by atoms with Gasteiger partial charge in [0.15, 0.2) is 29.8 Å². The monoisotopic (exact) mass is 895 g/mol. The van der Waals surface area contributed by atoms with Gasteiger partial charge >= 0.3 is 15.6 Å². The number of ether oxygens (including phenoxy) is 5. The van der Waals surface area contributed by atoms with Crippen molar-refractivity contribution in [1.82, 2.24) is 9.80 Å². The van der Waals surface area contributed by atoms with E-state index in [0.717, 1.165) is 10.4 Å². The molecule has 5 atom stereocenters. The van der Waals surface area contributed by atoms with Crippen LogP contribution in [0.1, 0.15) is 60.7 Å². The van der Waals surface area contributed by atoms with E-state index in [2.05, 4.69) is 56.0 Å². The van der Waals surface area contributed by atoms with Crippen LogP contribution in [0.15, 0.2) is 66.7 Å². The first kappa shape index (κ1) is 43.6. The van der Waals surface area contributed by atoms with E-state index >= 15 is 0 Å². The Kier molecular flexibility index (Phi) is 11.2. The summed E-state index contributed by atoms with van der Waals surface area (Å²) in [7, 11) is -4.96. The van der Waals surface area contributed by atoms with Crippen LogP contribution in [0.2, 0.25) is 5.04 Å². The van der Waals surface area contributed by atoms with Crippen molar-refractivity contribution in [2.75, 3.05) is 41.5 Å². The molecule has 62 heavy (non-hydrogen) atoms. The van der Waals surface area contributed by atoms with Crippen LogP contribution in [0, 0.1) is 18.3 Å². The van der Waals surface area contributed by atoms with E-state index in [1.54, 1.807) is 6.92 Å². The fourth-order valence-corrected chi connectivity index (χ4v) is 15.2. The van der Waals surface area contributed by atoms with Gasteiger partial charge in [-0.3, -0.25) is 9.80 Å². The standard InChI is InChI=1S/C44H48F3N3O10SSi/c1-25-38(51)29-20-31-37-35-26(19-34(60-61(52,53)44(45,46)47)40(55-7)41(35)56-23-54-6)18-30(49(37)5)32(21-48)50(31)33(36(29)42-39(25)57-24-58-42)22-59-62(43(2,3)4,27-14-10-8-11-15-27)28-16-12-9-13-17-28/h8-17,19,30-33,37,51H,18,20,22-24H2,1-7H3/t30-,31-,32-,33-,37-/m0/s1. The van der Waals surface area contributed by atoms with E-state index < -0.39 is 64.9 Å². The molecule has 4 heterocycles. The number of fused-ring (bicyclic) bond motifs is 9. The number of nitrogens with zero attached hydrogens (tertiary/aromatic N) is 3. The number of phenols is 1. The summed E-state index contributed by atoms with van der Waals surface area (Å²) in [4.78, 5) is 4.16. The number of rotatable bonds is 11. The molecule has 0 unspecified atom stereocenters. The van der Waals surface area contributed by atoms with Crippen LogP contribution >= 0.6 is 0 Å². The second kappa shape index (κ2) is 15.9. The van der Waals surface area contributed by atoms with Gasteiger partial charge in [-0.25, -0.2) is 0 Å². The number of benzene rings is 4. The van der Waals surface area contributed by atoms with Crippen LogP contribution in [-0.4, -0.2) is 96.7 Å². The zero-order valence-electron chi connectivity index (χ0n) is 35.3. The first-order chi connectivity index (χ1) is 29.4. The molecule has 330 valence electrons. The molecule has 1 saturated heterocycles. The maximum Gasteiger partial charge on any atom is 0.534 e. The summed E-state index contributed by atoms with van der Waals surface area (Å²) >= 11 is 0. The van der Waals surface area contributed by atoms with E-state index in [1.165, 1.54) is 20.3 Å². The topological polar surface area (TPSA) is 149 Å². The van der Waals surface area contributed by atoms with Crippen molar-refractivity contribution >= 4 is 28.8 Å². The molecule has 4 aliphatic rings. The van der Waals surface area contributed by atoms with Gasteiger partial charge in [0.1, 0.15) is 11.8 Å². The fourth-order valence-electron chi connectivity index (χ4n) is 10.2. The minimum Gasteiger partial charge on any atom is -0.507 e. The number of hydrogen-bond acceptors (Lipinski definition) is 13. The summed E-state index contributed by atoms with van der Waals surface area (Å²) < 4.78 is 107. The van der Waals surface area contributed by atoms with E-state index in [9.17, 15) is 32.0 Å². The van der Waals surface area contributed by atoms with Crippen LogP contribution < -0.4 is 33.5 Å². The molecule has 1 N–H and O–H groups in total. The quantitative estimate of drug-likeness (QED) is 0.0814. The molecule has 0 aliphatic carbocycles. The second-order valence-electron chi connectivity index (χ2n) is 16.9. The van der Waals surface area contributed by atoms with Crippen molar-refractivity contribution in [2.24, 2.45) is 0 Å². The van der Waals surface area contributed by atoms with Crippen molar-refractivity contribution in [2.45, 2.75) is 81.3 Å². The Labute approximate surface area is 359 Å². The SMILES string of the molecule is COCOc1c(OC)c(OS(=O)(=O)C(F)(F)F)cc2c1[C@@H]1[C@@H]3Cc4c(O)c(C)c5c(c4[C@H](CO[Si](c4ccccc4)(c4ccccc4)C(C)(C)C)N3[C@@H](C#N)[C@H](C2)N1C)OCO5. The zero-order valence-corrected chi connectivity index (χ0v) is 37.1. The molecule has 0 amide bonds. The molecule has 0 radical (unpaired) electrons. The van der Waals surface area contributed by atoms with E-state index in [-0.39, 0.29) is 50.3 Å². The lowest BCUT2D eigenvalue weighted by Crippen LogP contribution is -2.70. The summed E-state index contributed by atoms with van der Waals surface area (Å²) in [5.74, 6) is -0.326. The van der Waals surface area contributed by atoms with Gasteiger partial charge in [0, 0.05) is 41.4 Å². The molecule has 4 aromatic carbocycles. The Morgan fingerprint density at radius 1 is 0.935 bits per heavy atom. The largest absolute Gasteiger partial charge is 0.534 e. The number of aromatic hydroxyl groups is 1. The van der Waals surface area contributed by atoms with Crippen molar-refractivity contribution < 1.29 is 59.0 Å². The van der Waals surface area contributed by atoms with Gasteiger partial charge < -0.3 is 37.4 Å². The number of nitriles is 1. The fraction of sp³-hybridized carbons (Fsp3) is 0.432. The summed E-state index contributed by atoms with van der Waals surface area (Å²) in [5.41, 5.74) is -3.16. The molecular formula is C44H48F3N3O10SSi. The molecule has 18 heteroatoms. The normalized spacial score (nSPS) is 22.2. The number of piperazine rings is 1. The lowest BCUT2D eigenvalue weighted by atomic mass is 9.72. The molecule has 13 nitrogen and oxygen atoms in total. The third-order valence-corrected chi connectivity index (χ3v) is 18.7. The Morgan fingerprint density at radius 2 is 1.56 bits per heavy atom. The number of likely N-dealkylation sites (N-methyl/N-ethyl adjacent to an activating group) is 1. The molecule has 1 fully saturated rings. The van der Waals surface area contributed by atoms with Crippen LogP contribution in [0.3, 0.4) is 0 Å². The van der Waals surface area contributed by atoms with Gasteiger partial charge in [-0.15, -0.1) is 0 Å². The minimum absolute atomic E-state index is 0.00297. The highest BCUT2D eigenvalue weighted by Gasteiger charge is 2.59. The smallest absolute Gasteiger partial charge is 0.507 e. The average molecular weight is 896 g/mol. The number of halogens is 3. The average Bonchev–Trinajstić information content (AvgIpc) is 3.72. The van der Waals surface area contributed by atoms with Crippen molar-refractivity contribution in [3.05, 3.63) is 94.5 Å². The number of alkyl halides is 3. The van der Waals surface area contributed by atoms with Gasteiger partial charge in [0.05, 0.1) is 31.9 Å². The second-order valence-corrected chi connectivity index (χ2v) is 22.8. The third kappa shape index (κ3) is 6.75. The lowest BCUT2D eigenvalue weighted by Gasteiger charge is -2.60. The maximum atomic E-state index is 13.7. The van der Waals surface area contributed by atoms with E-state index in [4.69, 9.17) is 32.3 Å². The van der Waals surface area contributed by atoms with Crippen LogP contribution in [0.4, 0.5) is 13.2 Å². The van der Waals surface area contributed by atoms with Gasteiger partial charge in [0.2, 0.25) is 12.5 Å². The number of phenolic OH excluding ortho intramolecular Hbond substituents is 1. The molecule has 2 bridgehead atoms. The molecule has 0 aromatic heterocycles. The summed E-state index contributed by atoms with van der Waals surface area (Å²) in [6, 6.07) is 20.6. The summed E-state index contributed by atoms with van der Waals surface area (Å²) in [6.07, 6.45) is 0.256. The highest BCUT2D eigenvalue weighted by atomic mass is 32.2. The molecule has 0 spiro atoms. The predicted molar refractivity (Wildman–Crippen MR) is 223 cm³/mol. The third-order valence-electron chi connectivity index (χ3n) is 12.7. The number of methoxy groups -OCH3 is 2. The highest BCUT2D eigenvalue weighted by Crippen LogP contribution is 2.59. The van der Waals surface area contributed by atoms with E-state index in [1.807, 2.05) is 48.3 Å². The van der Waals surface area contributed by atoms with E-state index in [0.29, 0.717) is 39.3 Å². The maximum absolute atomic E-state index is 13.7. The highest BCUT2D eigenvalue weighted by molar-refractivity contribution is 7.88. The molecule has 8 rings (SSSR count). The van der Waals surface area contributed by atoms with Gasteiger partial charge in [0.25, 0.3) is 8.32 Å². The van der Waals surface area contributed by atoms with Crippen LogP contribution in [-0.2, 0) is 32.1 Å². The Bertz CT molecular complexity index is 2480. The Morgan fingerprint density at radius 3 is 2.13 bits per heavy atom. The first-order valence-electron chi connectivity index (χ1n) is 20.1. The molecule has 4 aromatic rings.